The number of rotatable bonds is 16. The molecule has 4 aliphatic rings. The van der Waals surface area contributed by atoms with Crippen LogP contribution in [0.5, 0.6) is 0 Å². The van der Waals surface area contributed by atoms with Crippen LogP contribution in [0.4, 0.5) is 9.59 Å². The Labute approximate surface area is 301 Å². The highest BCUT2D eigenvalue weighted by molar-refractivity contribution is 5.75. The maximum absolute atomic E-state index is 12.5. The van der Waals surface area contributed by atoms with Gasteiger partial charge in [0, 0.05) is 20.0 Å². The summed E-state index contributed by atoms with van der Waals surface area (Å²) in [6.07, 6.45) is -24.5. The molecule has 304 valence electrons. The van der Waals surface area contributed by atoms with E-state index in [1.165, 1.54) is 0 Å². The van der Waals surface area contributed by atoms with E-state index < -0.39 is 136 Å². The van der Waals surface area contributed by atoms with Gasteiger partial charge in [-0.2, -0.15) is 0 Å². The van der Waals surface area contributed by atoms with Crippen molar-refractivity contribution < 1.29 is 103 Å². The Kier molecular flexibility index (Phi) is 15.5. The monoisotopic (exact) mass is 772 g/mol. The van der Waals surface area contributed by atoms with E-state index in [9.17, 15) is 60.3 Å². The van der Waals surface area contributed by atoms with E-state index in [-0.39, 0.29) is 19.7 Å². The number of nitrogens with one attached hydrogen (secondary N) is 2. The number of carbonyl (C=O) groups is 3. The molecule has 0 saturated carbocycles. The second kappa shape index (κ2) is 19.1. The normalized spacial score (nSPS) is 41.2. The van der Waals surface area contributed by atoms with Crippen LogP contribution in [-0.2, 0) is 47.4 Å². The second-order valence-electron chi connectivity index (χ2n) is 12.6. The number of hydrogen-bond donors (Lipinski definition) is 11. The summed E-state index contributed by atoms with van der Waals surface area (Å²) in [7, 11) is 0. The van der Waals surface area contributed by atoms with E-state index in [0.29, 0.717) is 12.8 Å². The molecule has 0 spiro atoms. The summed E-state index contributed by atoms with van der Waals surface area (Å²) >= 11 is 0. The van der Waals surface area contributed by atoms with Crippen molar-refractivity contribution >= 4 is 18.2 Å². The number of aliphatic carboxylic acids is 1. The average molecular weight is 773 g/mol. The van der Waals surface area contributed by atoms with Crippen LogP contribution >= 0.6 is 0 Å². The smallest absolute Gasteiger partial charge is 0.407 e. The fourth-order valence-electron chi connectivity index (χ4n) is 5.83. The first-order chi connectivity index (χ1) is 25.1. The van der Waals surface area contributed by atoms with Crippen LogP contribution < -0.4 is 10.6 Å². The molecular formula is C30H48N2O21. The number of fused-ring (bicyclic) bond motifs is 1. The van der Waals surface area contributed by atoms with Gasteiger partial charge in [-0.1, -0.05) is 6.08 Å². The highest BCUT2D eigenvalue weighted by Gasteiger charge is 2.60. The molecule has 0 aromatic carbocycles. The lowest BCUT2D eigenvalue weighted by molar-refractivity contribution is -0.374. The number of amides is 2. The van der Waals surface area contributed by atoms with Gasteiger partial charge in [0.15, 0.2) is 18.9 Å². The number of alkyl carbamates (subject to hydrolysis) is 2. The van der Waals surface area contributed by atoms with Gasteiger partial charge in [0.25, 0.3) is 5.79 Å². The summed E-state index contributed by atoms with van der Waals surface area (Å²) in [5.74, 6) is -3.84. The molecule has 6 unspecified atom stereocenters. The molecule has 0 bridgehead atoms. The molecule has 2 amide bonds. The number of carboxylic acids is 1. The van der Waals surface area contributed by atoms with E-state index >= 15 is 0 Å². The van der Waals surface area contributed by atoms with Crippen LogP contribution in [0.3, 0.4) is 0 Å². The van der Waals surface area contributed by atoms with Crippen LogP contribution in [0.2, 0.25) is 0 Å². The summed E-state index contributed by atoms with van der Waals surface area (Å²) < 4.78 is 49.0. The second-order valence-corrected chi connectivity index (χ2v) is 12.6. The SMILES string of the molecule is C=CCCCOC(=O)NCCNC(=O)OC[C@@H]1O[C@@H]2O[C@](C)(C(=O)O)OC2C(O)[C@@H]1O[C@@H]1OC(CO)[C@H](O[C@H]2OC(CO)[C@H](O)[C@H](O)C2O)[C@H](O)C1O. The lowest BCUT2D eigenvalue weighted by atomic mass is 9.96. The van der Waals surface area contributed by atoms with Crippen molar-refractivity contribution in [3.05, 3.63) is 12.7 Å². The molecule has 0 aliphatic carbocycles. The van der Waals surface area contributed by atoms with Crippen molar-refractivity contribution in [2.24, 2.45) is 0 Å². The minimum atomic E-state index is -2.28. The number of aliphatic hydroxyl groups is 8. The number of hydrogen-bond acceptors (Lipinski definition) is 20. The third kappa shape index (κ3) is 10.3. The van der Waals surface area contributed by atoms with Crippen molar-refractivity contribution in [2.45, 2.75) is 118 Å². The van der Waals surface area contributed by atoms with Crippen molar-refractivity contribution in [1.29, 1.82) is 0 Å². The molecule has 0 radical (unpaired) electrons. The first-order valence-corrected chi connectivity index (χ1v) is 16.7. The summed E-state index contributed by atoms with van der Waals surface area (Å²) in [6.45, 7) is 2.29. The van der Waals surface area contributed by atoms with Gasteiger partial charge in [-0.25, -0.2) is 14.4 Å². The number of ether oxygens (including phenoxy) is 9. The van der Waals surface area contributed by atoms with Crippen LogP contribution in [0.1, 0.15) is 19.8 Å². The van der Waals surface area contributed by atoms with E-state index in [1.54, 1.807) is 6.08 Å². The summed E-state index contributed by atoms with van der Waals surface area (Å²) in [5.41, 5.74) is 0. The van der Waals surface area contributed by atoms with E-state index in [1.807, 2.05) is 0 Å². The molecule has 0 aromatic heterocycles. The number of aliphatic hydroxyl groups excluding tert-OH is 8. The highest BCUT2D eigenvalue weighted by Crippen LogP contribution is 2.39. The Morgan fingerprint density at radius 1 is 0.736 bits per heavy atom. The molecule has 23 nitrogen and oxygen atoms in total. The first kappa shape index (κ1) is 42.9. The quantitative estimate of drug-likeness (QED) is 0.0515. The third-order valence-corrected chi connectivity index (χ3v) is 8.79. The molecule has 23 heteroatoms. The average Bonchev–Trinajstić information content (AvgIpc) is 3.49. The zero-order valence-electron chi connectivity index (χ0n) is 28.5. The fraction of sp³-hybridized carbons (Fsp3) is 0.833. The van der Waals surface area contributed by atoms with Gasteiger partial charge in [-0.05, 0) is 12.8 Å². The Balaban J connectivity index is 1.40. The van der Waals surface area contributed by atoms with Crippen LogP contribution in [0, 0.1) is 0 Å². The van der Waals surface area contributed by atoms with Crippen LogP contribution in [0.15, 0.2) is 12.7 Å². The topological polar surface area (TPSA) is 340 Å². The maximum Gasteiger partial charge on any atom is 0.407 e. The first-order valence-electron chi connectivity index (χ1n) is 16.7. The Morgan fingerprint density at radius 3 is 1.89 bits per heavy atom. The van der Waals surface area contributed by atoms with Gasteiger partial charge in [0.1, 0.15) is 79.9 Å². The van der Waals surface area contributed by atoms with Crippen LogP contribution in [0.25, 0.3) is 0 Å². The third-order valence-electron chi connectivity index (χ3n) is 8.79. The number of carboxylic acid groups (broad SMARTS) is 1. The summed E-state index contributed by atoms with van der Waals surface area (Å²) in [6, 6.07) is 0. The van der Waals surface area contributed by atoms with Crippen molar-refractivity contribution in [3.8, 4) is 0 Å². The van der Waals surface area contributed by atoms with E-state index in [2.05, 4.69) is 17.2 Å². The van der Waals surface area contributed by atoms with Crippen LogP contribution in [-0.4, -0.2) is 202 Å². The predicted octanol–water partition coefficient (Wildman–Crippen LogP) is -5.28. The lowest BCUT2D eigenvalue weighted by Crippen LogP contribution is -2.66. The zero-order valence-corrected chi connectivity index (χ0v) is 28.5. The molecule has 4 rings (SSSR count). The number of unbranched alkanes of at least 4 members (excludes halogenated alkanes) is 1. The largest absolute Gasteiger partial charge is 0.477 e. The van der Waals surface area contributed by atoms with Crippen molar-refractivity contribution in [1.82, 2.24) is 10.6 Å². The molecular weight excluding hydrogens is 724 g/mol. The molecule has 0 aromatic rings. The fourth-order valence-corrected chi connectivity index (χ4v) is 5.83. The number of carbonyl (C=O) groups excluding carboxylic acids is 2. The minimum absolute atomic E-state index is 0.0329. The lowest BCUT2D eigenvalue weighted by Gasteiger charge is -2.47. The minimum Gasteiger partial charge on any atom is -0.477 e. The molecule has 16 atom stereocenters. The Bertz CT molecular complexity index is 1230. The van der Waals surface area contributed by atoms with E-state index in [4.69, 9.17) is 42.6 Å². The maximum atomic E-state index is 12.5. The standard InChI is InChI=1S/C30H48N2O21/c1-3-4-5-8-45-28(43)31-6-7-32-29(44)46-11-14-22(20(40)23-26(49-14)53-30(2,52-23)27(41)42)51-25-19(39)17(37)21(13(10-34)48-25)50-24-18(38)16(36)15(35)12(9-33)47-24/h3,12-26,33-40H,1,4-11H2,2H3,(H,31,43)(H,32,44)(H,41,42)/t12?,13?,14-,15-,16-,17+,18?,19?,20?,21-,22+,23?,24+,25-,26+,30+/m0/s1. The van der Waals surface area contributed by atoms with Gasteiger partial charge in [-0.15, -0.1) is 6.58 Å². The molecule has 53 heavy (non-hydrogen) atoms. The molecule has 4 heterocycles. The van der Waals surface area contributed by atoms with Gasteiger partial charge >= 0.3 is 18.2 Å². The predicted molar refractivity (Wildman–Crippen MR) is 166 cm³/mol. The van der Waals surface area contributed by atoms with Gasteiger partial charge < -0.3 is 99.2 Å². The molecule has 11 N–H and O–H groups in total. The van der Waals surface area contributed by atoms with Gasteiger partial charge in [0.05, 0.1) is 19.8 Å². The zero-order chi connectivity index (χ0) is 39.0. The Hall–Kier alpha value is -2.85. The summed E-state index contributed by atoms with van der Waals surface area (Å²) in [5, 5.41) is 97.8. The van der Waals surface area contributed by atoms with Gasteiger partial charge in [0.2, 0.25) is 0 Å². The van der Waals surface area contributed by atoms with Crippen molar-refractivity contribution in [2.75, 3.05) is 39.5 Å². The highest BCUT2D eigenvalue weighted by atomic mass is 16.8. The molecule has 4 saturated heterocycles. The molecule has 4 aliphatic heterocycles. The molecule has 4 fully saturated rings. The van der Waals surface area contributed by atoms with E-state index in [0.717, 1.165) is 6.92 Å². The Morgan fingerprint density at radius 2 is 1.30 bits per heavy atom. The van der Waals surface area contributed by atoms with Crippen molar-refractivity contribution in [3.63, 3.8) is 0 Å². The number of allylic oxidation sites excluding steroid dienone is 1. The van der Waals surface area contributed by atoms with Gasteiger partial charge in [-0.3, -0.25) is 0 Å². The summed E-state index contributed by atoms with van der Waals surface area (Å²) in [4.78, 5) is 36.0.